The number of benzene rings is 2. The van der Waals surface area contributed by atoms with Crippen LogP contribution in [0.15, 0.2) is 58.4 Å². The van der Waals surface area contributed by atoms with E-state index in [1.165, 1.54) is 17.3 Å². The number of nitrogens with one attached hydrogen (secondary N) is 1. The summed E-state index contributed by atoms with van der Waals surface area (Å²) in [7, 11) is 0. The van der Waals surface area contributed by atoms with Crippen LogP contribution in [0.5, 0.6) is 0 Å². The molecule has 0 unspecified atom stereocenters. The third kappa shape index (κ3) is 4.34. The summed E-state index contributed by atoms with van der Waals surface area (Å²) in [4.78, 5) is 17.9. The van der Waals surface area contributed by atoms with E-state index in [2.05, 4.69) is 16.4 Å². The van der Waals surface area contributed by atoms with E-state index >= 15 is 0 Å². The van der Waals surface area contributed by atoms with Gasteiger partial charge in [-0.25, -0.2) is 4.99 Å². The lowest BCUT2D eigenvalue weighted by atomic mass is 10.2. The Morgan fingerprint density at radius 1 is 1.22 bits per heavy atom. The number of fused-ring (bicyclic) bond motifs is 1. The van der Waals surface area contributed by atoms with Gasteiger partial charge in [-0.3, -0.25) is 4.79 Å². The van der Waals surface area contributed by atoms with Crippen molar-refractivity contribution in [2.75, 3.05) is 17.3 Å². The number of amides is 1. The van der Waals surface area contributed by atoms with Gasteiger partial charge in [0, 0.05) is 10.6 Å². The van der Waals surface area contributed by atoms with Crippen LogP contribution in [0.25, 0.3) is 0 Å². The molecule has 1 N–H and O–H groups in total. The van der Waals surface area contributed by atoms with Gasteiger partial charge < -0.3 is 5.32 Å². The summed E-state index contributed by atoms with van der Waals surface area (Å²) in [6.07, 6.45) is 2.00. The summed E-state index contributed by atoms with van der Waals surface area (Å²) in [5, 5.41) is 2.98. The number of anilines is 1. The van der Waals surface area contributed by atoms with Crippen LogP contribution >= 0.6 is 35.3 Å². The average molecular weight is 361 g/mol. The van der Waals surface area contributed by atoms with E-state index < -0.39 is 0 Å². The fourth-order valence-corrected chi connectivity index (χ4v) is 4.56. The molecule has 1 aliphatic heterocycles. The third-order valence-electron chi connectivity index (χ3n) is 3.26. The molecule has 23 heavy (non-hydrogen) atoms. The maximum absolute atomic E-state index is 12.2. The molecule has 0 radical (unpaired) electrons. The lowest BCUT2D eigenvalue weighted by Crippen LogP contribution is -2.15. The van der Waals surface area contributed by atoms with E-state index in [4.69, 9.17) is 0 Å². The smallest absolute Gasteiger partial charge is 0.234 e. The first-order valence-corrected chi connectivity index (χ1v) is 10.3. The number of aliphatic imine (C=N–C) groups is 1. The molecule has 0 saturated carbocycles. The lowest BCUT2D eigenvalue weighted by molar-refractivity contribution is -0.113. The maximum Gasteiger partial charge on any atom is 0.234 e. The molecule has 0 bridgehead atoms. The van der Waals surface area contributed by atoms with Crippen molar-refractivity contribution < 1.29 is 4.79 Å². The number of carbonyl (C=O) groups excluding carboxylic acids is 1. The minimum Gasteiger partial charge on any atom is -0.324 e. The Morgan fingerprint density at radius 3 is 2.87 bits per heavy atom. The van der Waals surface area contributed by atoms with Crippen LogP contribution in [0, 0.1) is 0 Å². The fraction of sp³-hybridized carbons (Fsp3) is 0.176. The first kappa shape index (κ1) is 16.5. The fourth-order valence-electron chi connectivity index (χ4n) is 2.15. The third-order valence-corrected chi connectivity index (χ3v) is 6.30. The zero-order valence-electron chi connectivity index (χ0n) is 12.6. The molecule has 2 aromatic carbocycles. The second-order valence-electron chi connectivity index (χ2n) is 4.83. The molecule has 6 heteroatoms. The highest BCUT2D eigenvalue weighted by Crippen LogP contribution is 2.34. The zero-order chi connectivity index (χ0) is 16.1. The van der Waals surface area contributed by atoms with Crippen LogP contribution in [0.1, 0.15) is 5.56 Å². The summed E-state index contributed by atoms with van der Waals surface area (Å²) in [6.45, 7) is 0. The molecule has 0 saturated heterocycles. The van der Waals surface area contributed by atoms with Crippen molar-refractivity contribution in [2.45, 2.75) is 10.6 Å². The Morgan fingerprint density at radius 2 is 2.00 bits per heavy atom. The number of para-hydroxylation sites is 2. The van der Waals surface area contributed by atoms with Crippen molar-refractivity contribution in [1.29, 1.82) is 0 Å². The van der Waals surface area contributed by atoms with Gasteiger partial charge in [0.05, 0.1) is 17.1 Å². The minimum atomic E-state index is -0.00124. The molecule has 3 nitrogen and oxygen atoms in total. The quantitative estimate of drug-likeness (QED) is 0.778. The van der Waals surface area contributed by atoms with Crippen LogP contribution in [0.3, 0.4) is 0 Å². The first-order chi connectivity index (χ1) is 11.3. The second kappa shape index (κ2) is 7.95. The number of thioether (sulfide) groups is 3. The number of rotatable bonds is 4. The van der Waals surface area contributed by atoms with Crippen LogP contribution in [0.2, 0.25) is 0 Å². The van der Waals surface area contributed by atoms with E-state index in [-0.39, 0.29) is 5.91 Å². The molecule has 1 amide bonds. The summed E-state index contributed by atoms with van der Waals surface area (Å²) < 4.78 is 0.956. The van der Waals surface area contributed by atoms with Crippen molar-refractivity contribution in [1.82, 2.24) is 0 Å². The van der Waals surface area contributed by atoms with Crippen molar-refractivity contribution >= 4 is 56.9 Å². The summed E-state index contributed by atoms with van der Waals surface area (Å²) in [6, 6.07) is 16.0. The van der Waals surface area contributed by atoms with Gasteiger partial charge in [-0.05, 0) is 30.0 Å². The van der Waals surface area contributed by atoms with E-state index in [1.807, 2.05) is 48.7 Å². The molecule has 0 fully saturated rings. The predicted octanol–water partition coefficient (Wildman–Crippen LogP) is 5.01. The van der Waals surface area contributed by atoms with Crippen molar-refractivity contribution in [3.63, 3.8) is 0 Å². The predicted molar refractivity (Wildman–Crippen MR) is 104 cm³/mol. The molecular formula is C17H16N2OS3. The van der Waals surface area contributed by atoms with Crippen molar-refractivity contribution in [3.8, 4) is 0 Å². The number of nitrogens with zero attached hydrogens (tertiary/aromatic N) is 1. The summed E-state index contributed by atoms with van der Waals surface area (Å²) in [5.74, 6) is 1.29. The van der Waals surface area contributed by atoms with Crippen LogP contribution in [-0.4, -0.2) is 22.3 Å². The van der Waals surface area contributed by atoms with Gasteiger partial charge in [0.25, 0.3) is 0 Å². The Bertz CT molecular complexity index is 746. The van der Waals surface area contributed by atoms with Crippen LogP contribution in [0.4, 0.5) is 11.4 Å². The molecule has 3 rings (SSSR count). The highest BCUT2D eigenvalue weighted by atomic mass is 32.2. The summed E-state index contributed by atoms with van der Waals surface area (Å²) >= 11 is 4.81. The van der Waals surface area contributed by atoms with Crippen LogP contribution < -0.4 is 5.32 Å². The molecule has 1 heterocycles. The SMILES string of the molecule is CSc1ccccc1NC(=O)CSC1=Nc2ccccc2CS1. The Labute approximate surface area is 148 Å². The normalized spacial score (nSPS) is 13.2. The van der Waals surface area contributed by atoms with Gasteiger partial charge in [0.15, 0.2) is 0 Å². The van der Waals surface area contributed by atoms with E-state index in [1.54, 1.807) is 23.5 Å². The second-order valence-corrected chi connectivity index (χ2v) is 7.87. The highest BCUT2D eigenvalue weighted by molar-refractivity contribution is 8.38. The number of hydrogen-bond donors (Lipinski definition) is 1. The van der Waals surface area contributed by atoms with E-state index in [0.717, 1.165) is 26.4 Å². The number of hydrogen-bond acceptors (Lipinski definition) is 5. The van der Waals surface area contributed by atoms with Crippen molar-refractivity contribution in [2.24, 2.45) is 4.99 Å². The molecule has 2 aromatic rings. The Balaban J connectivity index is 1.59. The first-order valence-electron chi connectivity index (χ1n) is 7.11. The van der Waals surface area contributed by atoms with Crippen LogP contribution in [-0.2, 0) is 10.5 Å². The Kier molecular flexibility index (Phi) is 5.70. The number of carbonyl (C=O) groups is 1. The zero-order valence-corrected chi connectivity index (χ0v) is 15.1. The maximum atomic E-state index is 12.2. The molecule has 0 aromatic heterocycles. The minimum absolute atomic E-state index is 0.00124. The van der Waals surface area contributed by atoms with Crippen molar-refractivity contribution in [3.05, 3.63) is 54.1 Å². The molecule has 1 aliphatic rings. The highest BCUT2D eigenvalue weighted by Gasteiger charge is 2.14. The topological polar surface area (TPSA) is 41.5 Å². The van der Waals surface area contributed by atoms with Gasteiger partial charge in [-0.15, -0.1) is 11.8 Å². The monoisotopic (exact) mass is 360 g/mol. The molecule has 0 atom stereocenters. The molecule has 0 spiro atoms. The largest absolute Gasteiger partial charge is 0.324 e. The molecular weight excluding hydrogens is 344 g/mol. The van der Waals surface area contributed by atoms with E-state index in [0.29, 0.717) is 5.75 Å². The molecule has 118 valence electrons. The van der Waals surface area contributed by atoms with E-state index in [9.17, 15) is 4.79 Å². The van der Waals surface area contributed by atoms with Gasteiger partial charge in [-0.1, -0.05) is 53.9 Å². The summed E-state index contributed by atoms with van der Waals surface area (Å²) in [5.41, 5.74) is 3.14. The lowest BCUT2D eigenvalue weighted by Gasteiger charge is -2.14. The average Bonchev–Trinajstić information content (AvgIpc) is 2.60. The van der Waals surface area contributed by atoms with Gasteiger partial charge >= 0.3 is 0 Å². The Hall–Kier alpha value is -1.37. The standard InChI is InChI=1S/C17H16N2OS3/c1-21-15-9-5-4-8-14(15)18-16(20)11-23-17-19-13-7-3-2-6-12(13)10-22-17/h2-9H,10-11H2,1H3,(H,18,20). The van der Waals surface area contributed by atoms with Gasteiger partial charge in [0.1, 0.15) is 4.38 Å². The molecule has 0 aliphatic carbocycles. The van der Waals surface area contributed by atoms with Gasteiger partial charge in [0.2, 0.25) is 5.91 Å². The van der Waals surface area contributed by atoms with Gasteiger partial charge in [-0.2, -0.15) is 0 Å².